The van der Waals surface area contributed by atoms with Crippen molar-refractivity contribution in [2.45, 2.75) is 18.9 Å². The number of halogens is 1. The van der Waals surface area contributed by atoms with Crippen LogP contribution < -0.4 is 10.6 Å². The second-order valence-corrected chi connectivity index (χ2v) is 6.02. The van der Waals surface area contributed by atoms with Gasteiger partial charge in [-0.25, -0.2) is 4.39 Å². The van der Waals surface area contributed by atoms with Gasteiger partial charge in [-0.15, -0.1) is 0 Å². The van der Waals surface area contributed by atoms with Crippen LogP contribution in [0.4, 0.5) is 10.1 Å². The first-order chi connectivity index (χ1) is 12.1. The summed E-state index contributed by atoms with van der Waals surface area (Å²) in [5.74, 6) is -0.816. The molecule has 4 rings (SSSR count). The number of fused-ring (bicyclic) bond motifs is 1. The first-order valence-corrected chi connectivity index (χ1v) is 7.99. The van der Waals surface area contributed by atoms with Crippen molar-refractivity contribution in [3.63, 3.8) is 0 Å². The van der Waals surface area contributed by atoms with Crippen LogP contribution in [0.3, 0.4) is 0 Å². The van der Waals surface area contributed by atoms with Crippen molar-refractivity contribution in [1.82, 2.24) is 20.1 Å². The Bertz CT molecular complexity index is 951. The topological polar surface area (TPSA) is 91.8 Å². The van der Waals surface area contributed by atoms with Gasteiger partial charge in [-0.05, 0) is 18.6 Å². The minimum absolute atomic E-state index is 0.0401. The van der Waals surface area contributed by atoms with Gasteiger partial charge in [0.15, 0.2) is 0 Å². The number of hydrogen-bond acceptors (Lipinski definition) is 3. The molecule has 8 heteroatoms. The Morgan fingerprint density at radius 3 is 3.08 bits per heavy atom. The van der Waals surface area contributed by atoms with Crippen LogP contribution in [-0.4, -0.2) is 33.1 Å². The number of rotatable bonds is 3. The van der Waals surface area contributed by atoms with Crippen LogP contribution in [0.5, 0.6) is 0 Å². The molecule has 0 spiro atoms. The quantitative estimate of drug-likeness (QED) is 0.682. The smallest absolute Gasteiger partial charge is 0.258 e. The van der Waals surface area contributed by atoms with E-state index < -0.39 is 11.7 Å². The van der Waals surface area contributed by atoms with Gasteiger partial charge in [-0.2, -0.15) is 5.10 Å². The number of benzene rings is 1. The van der Waals surface area contributed by atoms with Crippen molar-refractivity contribution in [1.29, 1.82) is 0 Å². The number of amides is 2. The van der Waals surface area contributed by atoms with Gasteiger partial charge in [0.25, 0.3) is 5.91 Å². The van der Waals surface area contributed by atoms with E-state index in [1.807, 2.05) is 0 Å². The molecule has 3 heterocycles. The molecule has 25 heavy (non-hydrogen) atoms. The zero-order valence-electron chi connectivity index (χ0n) is 13.3. The minimum Gasteiger partial charge on any atom is -0.360 e. The molecule has 1 unspecified atom stereocenters. The number of carbonyl (C=O) groups excluding carboxylic acids is 2. The molecular formula is C17H16FN5O2. The first kappa shape index (κ1) is 15.4. The fourth-order valence-corrected chi connectivity index (χ4v) is 3.07. The highest BCUT2D eigenvalue weighted by atomic mass is 19.1. The van der Waals surface area contributed by atoms with E-state index in [4.69, 9.17) is 0 Å². The molecule has 7 nitrogen and oxygen atoms in total. The lowest BCUT2D eigenvalue weighted by atomic mass is 10.1. The lowest BCUT2D eigenvalue weighted by Crippen LogP contribution is -2.36. The van der Waals surface area contributed by atoms with Gasteiger partial charge >= 0.3 is 0 Å². The lowest BCUT2D eigenvalue weighted by molar-refractivity contribution is -0.122. The van der Waals surface area contributed by atoms with Gasteiger partial charge in [-0.3, -0.25) is 14.3 Å². The van der Waals surface area contributed by atoms with Crippen molar-refractivity contribution in [3.05, 3.63) is 48.2 Å². The van der Waals surface area contributed by atoms with Gasteiger partial charge in [0.05, 0.1) is 23.5 Å². The Labute approximate surface area is 142 Å². The Morgan fingerprint density at radius 1 is 1.40 bits per heavy atom. The predicted molar refractivity (Wildman–Crippen MR) is 89.7 cm³/mol. The Hall–Kier alpha value is -3.16. The van der Waals surface area contributed by atoms with Crippen LogP contribution in [0.25, 0.3) is 10.9 Å². The fourth-order valence-electron chi connectivity index (χ4n) is 3.07. The first-order valence-electron chi connectivity index (χ1n) is 7.99. The van der Waals surface area contributed by atoms with Crippen molar-refractivity contribution in [3.8, 4) is 0 Å². The number of nitrogens with zero attached hydrogens (tertiary/aromatic N) is 2. The summed E-state index contributed by atoms with van der Waals surface area (Å²) in [7, 11) is 0. The average molecular weight is 341 g/mol. The summed E-state index contributed by atoms with van der Waals surface area (Å²) < 4.78 is 15.7. The molecule has 0 saturated carbocycles. The maximum Gasteiger partial charge on any atom is 0.258 e. The molecule has 0 radical (unpaired) electrons. The van der Waals surface area contributed by atoms with Crippen LogP contribution in [0.15, 0.2) is 36.8 Å². The third kappa shape index (κ3) is 2.86. The molecule has 0 bridgehead atoms. The lowest BCUT2D eigenvalue weighted by Gasteiger charge is -2.22. The fraction of sp³-hybridized carbons (Fsp3) is 0.235. The second kappa shape index (κ2) is 6.04. The van der Waals surface area contributed by atoms with Gasteiger partial charge in [0.1, 0.15) is 5.82 Å². The molecule has 3 aromatic rings. The van der Waals surface area contributed by atoms with E-state index in [2.05, 4.69) is 20.7 Å². The van der Waals surface area contributed by atoms with E-state index in [0.717, 1.165) is 0 Å². The zero-order valence-corrected chi connectivity index (χ0v) is 13.3. The van der Waals surface area contributed by atoms with Gasteiger partial charge in [-0.1, -0.05) is 6.07 Å². The minimum atomic E-state index is -0.447. The Balaban J connectivity index is 1.52. The van der Waals surface area contributed by atoms with Crippen LogP contribution in [0.1, 0.15) is 29.2 Å². The molecule has 1 atom stereocenters. The summed E-state index contributed by atoms with van der Waals surface area (Å²) in [6, 6.07) is 4.68. The van der Waals surface area contributed by atoms with Crippen molar-refractivity contribution in [2.75, 3.05) is 11.9 Å². The number of hydrogen-bond donors (Lipinski definition) is 3. The van der Waals surface area contributed by atoms with E-state index in [1.165, 1.54) is 12.3 Å². The molecule has 1 aromatic carbocycles. The third-order valence-corrected chi connectivity index (χ3v) is 4.37. The summed E-state index contributed by atoms with van der Waals surface area (Å²) >= 11 is 0. The van der Waals surface area contributed by atoms with Crippen molar-refractivity contribution < 1.29 is 14.0 Å². The molecule has 0 aliphatic carbocycles. The molecule has 1 aliphatic heterocycles. The van der Waals surface area contributed by atoms with Crippen LogP contribution in [-0.2, 0) is 4.79 Å². The molecule has 1 saturated heterocycles. The number of nitrogens with one attached hydrogen (secondary N) is 3. The highest BCUT2D eigenvalue weighted by molar-refractivity contribution is 6.12. The van der Waals surface area contributed by atoms with Crippen LogP contribution in [0, 0.1) is 5.82 Å². The zero-order chi connectivity index (χ0) is 17.4. The van der Waals surface area contributed by atoms with Crippen molar-refractivity contribution in [2.24, 2.45) is 0 Å². The van der Waals surface area contributed by atoms with E-state index >= 15 is 0 Å². The number of aromatic nitrogens is 3. The number of aromatic amines is 1. The number of H-pyrrole nitrogens is 1. The Morgan fingerprint density at radius 2 is 2.28 bits per heavy atom. The molecule has 1 aliphatic rings. The monoisotopic (exact) mass is 341 g/mol. The predicted octanol–water partition coefficient (Wildman–Crippen LogP) is 2.21. The van der Waals surface area contributed by atoms with Gasteiger partial charge in [0.2, 0.25) is 5.91 Å². The van der Waals surface area contributed by atoms with E-state index in [1.54, 1.807) is 29.2 Å². The van der Waals surface area contributed by atoms with Crippen LogP contribution in [0.2, 0.25) is 0 Å². The summed E-state index contributed by atoms with van der Waals surface area (Å²) in [4.78, 5) is 26.6. The number of anilines is 1. The van der Waals surface area contributed by atoms with Gasteiger partial charge < -0.3 is 15.6 Å². The molecule has 2 amide bonds. The van der Waals surface area contributed by atoms with Gasteiger partial charge in [0, 0.05) is 36.3 Å². The molecular weight excluding hydrogens is 325 g/mol. The van der Waals surface area contributed by atoms with E-state index in [0.29, 0.717) is 30.6 Å². The van der Waals surface area contributed by atoms with E-state index in [9.17, 15) is 14.0 Å². The summed E-state index contributed by atoms with van der Waals surface area (Å²) in [6.07, 6.45) is 5.91. The maximum absolute atomic E-state index is 14.0. The van der Waals surface area contributed by atoms with E-state index in [-0.39, 0.29) is 22.9 Å². The SMILES string of the molecule is O=C1CCC(n2cc(NC(=O)c3c[nH]c4cccc(F)c34)cn2)CN1. The third-order valence-electron chi connectivity index (χ3n) is 4.37. The average Bonchev–Trinajstić information content (AvgIpc) is 3.23. The highest BCUT2D eigenvalue weighted by Crippen LogP contribution is 2.23. The number of carbonyl (C=O) groups is 2. The largest absolute Gasteiger partial charge is 0.360 e. The summed E-state index contributed by atoms with van der Waals surface area (Å²) in [5.41, 5.74) is 1.33. The summed E-state index contributed by atoms with van der Waals surface area (Å²) in [5, 5.41) is 10.0. The maximum atomic E-state index is 14.0. The molecule has 3 N–H and O–H groups in total. The molecule has 1 fully saturated rings. The molecule has 128 valence electrons. The normalized spacial score (nSPS) is 17.5. The highest BCUT2D eigenvalue weighted by Gasteiger charge is 2.21. The standard InChI is InChI=1S/C17H16FN5O2/c18-13-2-1-3-14-16(13)12(8-19-14)17(25)22-10-6-21-23(9-10)11-4-5-15(24)20-7-11/h1-3,6,8-9,11,19H,4-5,7H2,(H,20,24)(H,22,25). The van der Waals surface area contributed by atoms with Crippen molar-refractivity contribution >= 4 is 28.4 Å². The Kier molecular flexibility index (Phi) is 3.72. The second-order valence-electron chi connectivity index (χ2n) is 6.02. The number of piperidine rings is 1. The van der Waals surface area contributed by atoms with Crippen LogP contribution >= 0.6 is 0 Å². The summed E-state index contributed by atoms with van der Waals surface area (Å²) in [6.45, 7) is 0.515. The molecule has 2 aromatic heterocycles.